The SMILES string of the molecule is CCOC(=O)N1CC(CC2CC2)CC(NCC(F)F)C1. The van der Waals surface area contributed by atoms with Gasteiger partial charge in [0.15, 0.2) is 0 Å². The Kier molecular flexibility index (Phi) is 5.57. The molecule has 2 unspecified atom stereocenters. The van der Waals surface area contributed by atoms with Crippen molar-refractivity contribution < 1.29 is 18.3 Å². The second-order valence-electron chi connectivity index (χ2n) is 5.88. The summed E-state index contributed by atoms with van der Waals surface area (Å²) < 4.78 is 29.7. The van der Waals surface area contributed by atoms with E-state index in [1.54, 1.807) is 11.8 Å². The van der Waals surface area contributed by atoms with Crippen molar-refractivity contribution in [3.8, 4) is 0 Å². The molecule has 20 heavy (non-hydrogen) atoms. The molecule has 1 N–H and O–H groups in total. The van der Waals surface area contributed by atoms with Crippen LogP contribution in [0.4, 0.5) is 13.6 Å². The van der Waals surface area contributed by atoms with Crippen LogP contribution in [0.2, 0.25) is 0 Å². The highest BCUT2D eigenvalue weighted by atomic mass is 19.3. The van der Waals surface area contributed by atoms with E-state index in [0.717, 1.165) is 18.8 Å². The molecule has 2 rings (SSSR count). The number of carbonyl (C=O) groups is 1. The smallest absolute Gasteiger partial charge is 0.409 e. The van der Waals surface area contributed by atoms with E-state index in [9.17, 15) is 13.6 Å². The maximum absolute atomic E-state index is 12.3. The predicted octanol–water partition coefficient (Wildman–Crippen LogP) is 2.49. The summed E-state index contributed by atoms with van der Waals surface area (Å²) in [5, 5.41) is 2.87. The Morgan fingerprint density at radius 3 is 2.70 bits per heavy atom. The zero-order valence-electron chi connectivity index (χ0n) is 12.0. The van der Waals surface area contributed by atoms with Crippen LogP contribution < -0.4 is 5.32 Å². The van der Waals surface area contributed by atoms with Gasteiger partial charge in [-0.2, -0.15) is 0 Å². The minimum absolute atomic E-state index is 0.0501. The first-order chi connectivity index (χ1) is 9.58. The van der Waals surface area contributed by atoms with E-state index in [2.05, 4.69) is 5.32 Å². The minimum atomic E-state index is -2.35. The minimum Gasteiger partial charge on any atom is -0.450 e. The molecule has 1 aliphatic carbocycles. The Morgan fingerprint density at radius 2 is 2.10 bits per heavy atom. The maximum atomic E-state index is 12.3. The monoisotopic (exact) mass is 290 g/mol. The maximum Gasteiger partial charge on any atom is 0.409 e. The van der Waals surface area contributed by atoms with Crippen molar-refractivity contribution in [1.29, 1.82) is 0 Å². The lowest BCUT2D eigenvalue weighted by Crippen LogP contribution is -2.52. The molecule has 6 heteroatoms. The van der Waals surface area contributed by atoms with E-state index in [-0.39, 0.29) is 18.7 Å². The van der Waals surface area contributed by atoms with E-state index in [4.69, 9.17) is 4.74 Å². The number of hydrogen-bond acceptors (Lipinski definition) is 3. The van der Waals surface area contributed by atoms with Crippen LogP contribution in [0.25, 0.3) is 0 Å². The first-order valence-corrected chi connectivity index (χ1v) is 7.51. The molecule has 2 aliphatic rings. The molecule has 2 atom stereocenters. The van der Waals surface area contributed by atoms with Crippen LogP contribution >= 0.6 is 0 Å². The van der Waals surface area contributed by atoms with Gasteiger partial charge in [-0.3, -0.25) is 0 Å². The molecule has 0 spiro atoms. The normalized spacial score (nSPS) is 26.9. The van der Waals surface area contributed by atoms with Crippen LogP contribution in [0.5, 0.6) is 0 Å². The zero-order chi connectivity index (χ0) is 14.5. The first kappa shape index (κ1) is 15.5. The molecule has 4 nitrogen and oxygen atoms in total. The number of alkyl halides is 2. The van der Waals surface area contributed by atoms with Crippen LogP contribution in [0.3, 0.4) is 0 Å². The molecule has 1 heterocycles. The largest absolute Gasteiger partial charge is 0.450 e. The highest BCUT2D eigenvalue weighted by molar-refractivity contribution is 5.67. The Hall–Kier alpha value is -0.910. The highest BCUT2D eigenvalue weighted by Gasteiger charge is 2.34. The lowest BCUT2D eigenvalue weighted by molar-refractivity contribution is 0.0713. The molecule has 2 fully saturated rings. The number of amides is 1. The van der Waals surface area contributed by atoms with Crippen molar-refractivity contribution in [2.24, 2.45) is 11.8 Å². The fourth-order valence-electron chi connectivity index (χ4n) is 2.97. The highest BCUT2D eigenvalue weighted by Crippen LogP contribution is 2.37. The number of halogens is 2. The molecule has 1 saturated heterocycles. The molecule has 0 aromatic carbocycles. The topological polar surface area (TPSA) is 41.6 Å². The van der Waals surface area contributed by atoms with Gasteiger partial charge in [-0.1, -0.05) is 12.8 Å². The van der Waals surface area contributed by atoms with Gasteiger partial charge in [0.25, 0.3) is 6.43 Å². The third kappa shape index (κ3) is 4.89. The number of nitrogens with zero attached hydrogens (tertiary/aromatic N) is 1. The number of ether oxygens (including phenoxy) is 1. The van der Waals surface area contributed by atoms with E-state index in [0.29, 0.717) is 25.6 Å². The Labute approximate surface area is 118 Å². The Morgan fingerprint density at radius 1 is 1.35 bits per heavy atom. The number of hydrogen-bond donors (Lipinski definition) is 1. The average Bonchev–Trinajstić information content (AvgIpc) is 3.20. The van der Waals surface area contributed by atoms with Crippen molar-refractivity contribution in [1.82, 2.24) is 10.2 Å². The lowest BCUT2D eigenvalue weighted by Gasteiger charge is -2.37. The summed E-state index contributed by atoms with van der Waals surface area (Å²) in [5.41, 5.74) is 0. The fraction of sp³-hybridized carbons (Fsp3) is 0.929. The molecule has 0 aromatic rings. The molecule has 0 radical (unpaired) electrons. The van der Waals surface area contributed by atoms with Crippen LogP contribution in [-0.2, 0) is 4.74 Å². The average molecular weight is 290 g/mol. The van der Waals surface area contributed by atoms with Crippen LogP contribution in [0.1, 0.15) is 32.6 Å². The number of rotatable bonds is 6. The molecule has 1 aliphatic heterocycles. The van der Waals surface area contributed by atoms with Crippen LogP contribution in [-0.4, -0.2) is 49.7 Å². The molecule has 1 saturated carbocycles. The molecule has 116 valence electrons. The summed E-state index contributed by atoms with van der Waals surface area (Å²) in [7, 11) is 0. The van der Waals surface area contributed by atoms with Crippen molar-refractivity contribution in [3.63, 3.8) is 0 Å². The second-order valence-corrected chi connectivity index (χ2v) is 5.88. The van der Waals surface area contributed by atoms with E-state index < -0.39 is 6.43 Å². The number of piperidine rings is 1. The molecule has 0 bridgehead atoms. The van der Waals surface area contributed by atoms with Gasteiger partial charge in [-0.05, 0) is 31.6 Å². The van der Waals surface area contributed by atoms with Gasteiger partial charge in [-0.15, -0.1) is 0 Å². The van der Waals surface area contributed by atoms with Crippen LogP contribution in [0, 0.1) is 11.8 Å². The number of nitrogens with one attached hydrogen (secondary N) is 1. The van der Waals surface area contributed by atoms with Gasteiger partial charge in [-0.25, -0.2) is 13.6 Å². The molecular weight excluding hydrogens is 266 g/mol. The van der Waals surface area contributed by atoms with Gasteiger partial charge in [0.2, 0.25) is 0 Å². The zero-order valence-corrected chi connectivity index (χ0v) is 12.0. The summed E-state index contributed by atoms with van der Waals surface area (Å²) in [4.78, 5) is 13.5. The first-order valence-electron chi connectivity index (χ1n) is 7.51. The summed E-state index contributed by atoms with van der Waals surface area (Å²) in [6.45, 7) is 2.97. The van der Waals surface area contributed by atoms with Gasteiger partial charge in [0.1, 0.15) is 0 Å². The summed E-state index contributed by atoms with van der Waals surface area (Å²) >= 11 is 0. The summed E-state index contributed by atoms with van der Waals surface area (Å²) in [5.74, 6) is 1.17. The van der Waals surface area contributed by atoms with Gasteiger partial charge < -0.3 is 15.0 Å². The number of carbonyl (C=O) groups excluding carboxylic acids is 1. The quantitative estimate of drug-likeness (QED) is 0.817. The van der Waals surface area contributed by atoms with Gasteiger partial charge in [0.05, 0.1) is 13.2 Å². The van der Waals surface area contributed by atoms with Gasteiger partial charge in [0, 0.05) is 19.1 Å². The van der Waals surface area contributed by atoms with Crippen molar-refractivity contribution >= 4 is 6.09 Å². The summed E-state index contributed by atoms with van der Waals surface area (Å²) in [6.07, 6.45) is 1.84. The molecular formula is C14H24F2N2O2. The molecule has 1 amide bonds. The van der Waals surface area contributed by atoms with E-state index >= 15 is 0 Å². The Balaban J connectivity index is 1.88. The number of likely N-dealkylation sites (tertiary alicyclic amines) is 1. The van der Waals surface area contributed by atoms with Crippen LogP contribution in [0.15, 0.2) is 0 Å². The fourth-order valence-corrected chi connectivity index (χ4v) is 2.97. The Bertz CT molecular complexity index is 324. The predicted molar refractivity (Wildman–Crippen MR) is 71.8 cm³/mol. The van der Waals surface area contributed by atoms with Gasteiger partial charge >= 0.3 is 6.09 Å². The second kappa shape index (κ2) is 7.20. The third-order valence-electron chi connectivity index (χ3n) is 3.99. The van der Waals surface area contributed by atoms with Crippen molar-refractivity contribution in [2.45, 2.75) is 45.1 Å². The lowest BCUT2D eigenvalue weighted by atomic mass is 9.90. The van der Waals surface area contributed by atoms with E-state index in [1.165, 1.54) is 12.8 Å². The summed E-state index contributed by atoms with van der Waals surface area (Å²) in [6, 6.07) is -0.0501. The van der Waals surface area contributed by atoms with Crippen molar-refractivity contribution in [3.05, 3.63) is 0 Å². The standard InChI is InChI=1S/C14H24F2N2O2/c1-2-20-14(19)18-8-11(5-10-3-4-10)6-12(9-18)17-7-13(15)16/h10-13,17H,2-9H2,1H3. The molecule has 0 aromatic heterocycles. The third-order valence-corrected chi connectivity index (χ3v) is 3.99. The van der Waals surface area contributed by atoms with Crippen molar-refractivity contribution in [2.75, 3.05) is 26.2 Å². The van der Waals surface area contributed by atoms with E-state index in [1.807, 2.05) is 0 Å².